The Balaban J connectivity index is 1.57. The van der Waals surface area contributed by atoms with Gasteiger partial charge in [0.1, 0.15) is 5.52 Å². The second-order valence-electron chi connectivity index (χ2n) is 5.59. The summed E-state index contributed by atoms with van der Waals surface area (Å²) in [6, 6.07) is 18.0. The third-order valence-corrected chi connectivity index (χ3v) is 4.79. The van der Waals surface area contributed by atoms with E-state index in [1.54, 1.807) is 35.7 Å². The monoisotopic (exact) mass is 363 g/mol. The van der Waals surface area contributed by atoms with Crippen molar-refractivity contribution in [3.63, 3.8) is 0 Å². The molecule has 0 amide bonds. The number of ketones is 1. The summed E-state index contributed by atoms with van der Waals surface area (Å²) in [7, 11) is 0. The first-order valence-electron chi connectivity index (χ1n) is 7.91. The summed E-state index contributed by atoms with van der Waals surface area (Å²) in [5.74, 6) is -0.189. The number of fused-ring (bicyclic) bond motifs is 1. The topological polar surface area (TPSA) is 69.4 Å². The molecule has 6 heteroatoms. The van der Waals surface area contributed by atoms with Gasteiger partial charge in [0.25, 0.3) is 0 Å². The number of rotatable bonds is 5. The van der Waals surface area contributed by atoms with Gasteiger partial charge in [-0.3, -0.25) is 4.79 Å². The molecule has 0 fully saturated rings. The third kappa shape index (κ3) is 3.14. The molecule has 2 aromatic heterocycles. The Hall–Kier alpha value is -3.25. The van der Waals surface area contributed by atoms with Gasteiger partial charge in [-0.15, -0.1) is 11.3 Å². The Kier molecular flexibility index (Phi) is 4.33. The Morgan fingerprint density at radius 3 is 2.65 bits per heavy atom. The average Bonchev–Trinajstić information content (AvgIpc) is 3.36. The number of hydrogen-bond acceptors (Lipinski definition) is 6. The first kappa shape index (κ1) is 16.2. The number of carbonyl (C=O) groups excluding carboxylic acids is 2. The van der Waals surface area contributed by atoms with E-state index in [4.69, 9.17) is 9.26 Å². The minimum absolute atomic E-state index is 0.218. The number of hydrogen-bond donors (Lipinski definition) is 0. The molecular formula is C20H13NO4S. The summed E-state index contributed by atoms with van der Waals surface area (Å²) >= 11 is 1.32. The molecule has 5 nitrogen and oxygen atoms in total. The number of Topliss-reactive ketones (excluding diaryl/α,β-unsaturated/α-hetero) is 1. The van der Waals surface area contributed by atoms with E-state index in [0.717, 1.165) is 10.9 Å². The van der Waals surface area contributed by atoms with Gasteiger partial charge in [-0.1, -0.05) is 41.6 Å². The lowest BCUT2D eigenvalue weighted by atomic mass is 10.1. The molecule has 0 aliphatic rings. The van der Waals surface area contributed by atoms with Gasteiger partial charge in [0, 0.05) is 5.56 Å². The maximum Gasteiger partial charge on any atom is 0.338 e. The molecule has 0 N–H and O–H groups in total. The van der Waals surface area contributed by atoms with Crippen molar-refractivity contribution in [2.45, 2.75) is 0 Å². The summed E-state index contributed by atoms with van der Waals surface area (Å²) in [4.78, 5) is 24.8. The molecule has 4 rings (SSSR count). The maximum atomic E-state index is 12.3. The normalized spacial score (nSPS) is 10.8. The number of ether oxygens (including phenoxy) is 1. The fourth-order valence-electron chi connectivity index (χ4n) is 2.59. The Morgan fingerprint density at radius 1 is 1.04 bits per heavy atom. The molecule has 4 aromatic rings. The van der Waals surface area contributed by atoms with E-state index < -0.39 is 5.97 Å². The van der Waals surface area contributed by atoms with Gasteiger partial charge in [-0.05, 0) is 29.6 Å². The quantitative estimate of drug-likeness (QED) is 0.383. The molecular weight excluding hydrogens is 350 g/mol. The van der Waals surface area contributed by atoms with Crippen LogP contribution in [-0.2, 0) is 4.74 Å². The van der Waals surface area contributed by atoms with E-state index in [0.29, 0.717) is 21.7 Å². The van der Waals surface area contributed by atoms with E-state index in [9.17, 15) is 9.59 Å². The largest absolute Gasteiger partial charge is 0.454 e. The maximum absolute atomic E-state index is 12.3. The first-order chi connectivity index (χ1) is 12.7. The lowest BCUT2D eigenvalue weighted by Gasteiger charge is -2.04. The Labute approximate surface area is 152 Å². The SMILES string of the molecule is O=C(OCC(=O)c1cccs1)c1ccc2noc(-c3ccccc3)c2c1. The highest BCUT2D eigenvalue weighted by molar-refractivity contribution is 7.12. The van der Waals surface area contributed by atoms with Crippen molar-refractivity contribution in [1.29, 1.82) is 0 Å². The molecule has 0 bridgehead atoms. The molecule has 0 aliphatic heterocycles. The summed E-state index contributed by atoms with van der Waals surface area (Å²) in [6.45, 7) is -0.285. The highest BCUT2D eigenvalue weighted by Crippen LogP contribution is 2.29. The lowest BCUT2D eigenvalue weighted by Crippen LogP contribution is -2.13. The van der Waals surface area contributed by atoms with Crippen molar-refractivity contribution in [2.24, 2.45) is 0 Å². The number of thiophene rings is 1. The highest BCUT2D eigenvalue weighted by Gasteiger charge is 2.16. The Morgan fingerprint density at radius 2 is 1.88 bits per heavy atom. The fraction of sp³-hybridized carbons (Fsp3) is 0.0500. The van der Waals surface area contributed by atoms with E-state index in [1.807, 2.05) is 30.3 Å². The summed E-state index contributed by atoms with van der Waals surface area (Å²) in [5, 5.41) is 6.55. The second-order valence-corrected chi connectivity index (χ2v) is 6.53. The fourth-order valence-corrected chi connectivity index (χ4v) is 3.24. The highest BCUT2D eigenvalue weighted by atomic mass is 32.1. The van der Waals surface area contributed by atoms with Gasteiger partial charge in [-0.2, -0.15) is 0 Å². The minimum Gasteiger partial charge on any atom is -0.454 e. The number of esters is 1. The molecule has 0 unspecified atom stereocenters. The van der Waals surface area contributed by atoms with Gasteiger partial charge in [0.15, 0.2) is 12.4 Å². The van der Waals surface area contributed by atoms with Crippen molar-refractivity contribution in [3.05, 3.63) is 76.5 Å². The molecule has 0 aliphatic carbocycles. The molecule has 0 radical (unpaired) electrons. The minimum atomic E-state index is -0.558. The molecule has 26 heavy (non-hydrogen) atoms. The van der Waals surface area contributed by atoms with E-state index in [-0.39, 0.29) is 12.4 Å². The lowest BCUT2D eigenvalue weighted by molar-refractivity contribution is 0.0476. The van der Waals surface area contributed by atoms with Crippen molar-refractivity contribution >= 4 is 34.0 Å². The van der Waals surface area contributed by atoms with Crippen LogP contribution in [0.5, 0.6) is 0 Å². The van der Waals surface area contributed by atoms with Crippen LogP contribution in [0.3, 0.4) is 0 Å². The first-order valence-corrected chi connectivity index (χ1v) is 8.79. The number of nitrogens with zero attached hydrogens (tertiary/aromatic N) is 1. The third-order valence-electron chi connectivity index (χ3n) is 3.88. The molecule has 0 spiro atoms. The van der Waals surface area contributed by atoms with E-state index in [2.05, 4.69) is 5.16 Å². The summed E-state index contributed by atoms with van der Waals surface area (Å²) < 4.78 is 10.6. The van der Waals surface area contributed by atoms with Gasteiger partial charge >= 0.3 is 5.97 Å². The average molecular weight is 363 g/mol. The predicted molar refractivity (Wildman–Crippen MR) is 98.4 cm³/mol. The van der Waals surface area contributed by atoms with Crippen LogP contribution in [0.25, 0.3) is 22.2 Å². The summed E-state index contributed by atoms with van der Waals surface area (Å²) in [5.41, 5.74) is 1.86. The van der Waals surface area contributed by atoms with Gasteiger partial charge < -0.3 is 9.26 Å². The number of aromatic nitrogens is 1. The van der Waals surface area contributed by atoms with Crippen molar-refractivity contribution in [2.75, 3.05) is 6.61 Å². The van der Waals surface area contributed by atoms with Crippen LogP contribution in [0.15, 0.2) is 70.6 Å². The Bertz CT molecular complexity index is 1070. The van der Waals surface area contributed by atoms with Crippen molar-refractivity contribution in [1.82, 2.24) is 5.16 Å². The van der Waals surface area contributed by atoms with Crippen LogP contribution in [0.1, 0.15) is 20.0 Å². The number of benzene rings is 2. The van der Waals surface area contributed by atoms with E-state index >= 15 is 0 Å². The van der Waals surface area contributed by atoms with Crippen LogP contribution in [-0.4, -0.2) is 23.5 Å². The molecule has 128 valence electrons. The molecule has 2 aromatic carbocycles. The van der Waals surface area contributed by atoms with E-state index in [1.165, 1.54) is 11.3 Å². The van der Waals surface area contributed by atoms with Crippen LogP contribution in [0.2, 0.25) is 0 Å². The van der Waals surface area contributed by atoms with Crippen LogP contribution in [0.4, 0.5) is 0 Å². The van der Waals surface area contributed by atoms with Crippen molar-refractivity contribution in [3.8, 4) is 11.3 Å². The second kappa shape index (κ2) is 6.93. The molecule has 0 saturated carbocycles. The smallest absolute Gasteiger partial charge is 0.338 e. The van der Waals surface area contributed by atoms with Gasteiger partial charge in [-0.25, -0.2) is 4.79 Å². The molecule has 2 heterocycles. The number of carbonyl (C=O) groups is 2. The predicted octanol–water partition coefficient (Wildman–Crippen LogP) is 4.60. The van der Waals surface area contributed by atoms with Crippen LogP contribution in [0, 0.1) is 0 Å². The van der Waals surface area contributed by atoms with Crippen LogP contribution < -0.4 is 0 Å². The summed E-state index contributed by atoms with van der Waals surface area (Å²) in [6.07, 6.45) is 0. The van der Waals surface area contributed by atoms with Crippen LogP contribution >= 0.6 is 11.3 Å². The molecule has 0 saturated heterocycles. The van der Waals surface area contributed by atoms with Gasteiger partial charge in [0.2, 0.25) is 5.78 Å². The standard InChI is InChI=1S/C20H13NO4S/c22-17(18-7-4-10-26-18)12-24-20(23)14-8-9-16-15(11-14)19(25-21-16)13-5-2-1-3-6-13/h1-11H,12H2. The zero-order valence-corrected chi connectivity index (χ0v) is 14.4. The van der Waals surface area contributed by atoms with Crippen molar-refractivity contribution < 1.29 is 18.8 Å². The zero-order valence-electron chi connectivity index (χ0n) is 13.5. The zero-order chi connectivity index (χ0) is 17.9. The van der Waals surface area contributed by atoms with Gasteiger partial charge in [0.05, 0.1) is 15.8 Å². The molecule has 0 atom stereocenters.